The minimum atomic E-state index is -1.02. The average molecular weight is 408 g/mol. The molecule has 0 spiro atoms. The molecule has 1 aromatic heterocycles. The zero-order valence-electron chi connectivity index (χ0n) is 15.6. The second kappa shape index (κ2) is 9.79. The summed E-state index contributed by atoms with van der Waals surface area (Å²) in [4.78, 5) is 39.7. The standard InChI is InChI=1S/C18H21FN4O4S/c1-10(2)16(25)21-18-20-12(9-28-18)8-15(24)22-23-17(26)11(3)27-14-7-5-4-6-13(14)19/h4-7,9-11H,8H2,1-3H3,(H,22,24)(H,23,26)(H,20,21,25). The van der Waals surface area contributed by atoms with Gasteiger partial charge in [0.1, 0.15) is 0 Å². The van der Waals surface area contributed by atoms with Crippen LogP contribution in [0.3, 0.4) is 0 Å². The molecule has 3 amide bonds. The monoisotopic (exact) mass is 408 g/mol. The number of carbonyl (C=O) groups is 3. The molecule has 2 aromatic rings. The summed E-state index contributed by atoms with van der Waals surface area (Å²) in [5.41, 5.74) is 4.91. The first-order valence-corrected chi connectivity index (χ1v) is 9.39. The molecule has 2 rings (SSSR count). The lowest BCUT2D eigenvalue weighted by atomic mass is 10.2. The quantitative estimate of drug-likeness (QED) is 0.608. The molecule has 0 saturated carbocycles. The van der Waals surface area contributed by atoms with Gasteiger partial charge in [-0.25, -0.2) is 9.37 Å². The first-order chi connectivity index (χ1) is 13.3. The number of hydrogen-bond donors (Lipinski definition) is 3. The molecule has 28 heavy (non-hydrogen) atoms. The van der Waals surface area contributed by atoms with Crippen LogP contribution in [0.25, 0.3) is 0 Å². The van der Waals surface area contributed by atoms with Crippen LogP contribution in [-0.4, -0.2) is 28.8 Å². The first-order valence-electron chi connectivity index (χ1n) is 8.51. The van der Waals surface area contributed by atoms with Crippen molar-refractivity contribution in [3.05, 3.63) is 41.2 Å². The van der Waals surface area contributed by atoms with E-state index in [9.17, 15) is 18.8 Å². The molecule has 1 atom stereocenters. The molecule has 3 N–H and O–H groups in total. The Hall–Kier alpha value is -3.01. The summed E-state index contributed by atoms with van der Waals surface area (Å²) in [7, 11) is 0. The van der Waals surface area contributed by atoms with Crippen LogP contribution >= 0.6 is 11.3 Å². The molecule has 0 fully saturated rings. The molecule has 0 bridgehead atoms. The van der Waals surface area contributed by atoms with Crippen molar-refractivity contribution >= 4 is 34.2 Å². The fourth-order valence-corrected chi connectivity index (χ4v) is 2.63. The first kappa shape index (κ1) is 21.3. The predicted octanol–water partition coefficient (Wildman–Crippen LogP) is 2.03. The Morgan fingerprint density at radius 1 is 1.14 bits per heavy atom. The molecule has 150 valence electrons. The molecule has 10 heteroatoms. The normalized spacial score (nSPS) is 11.6. The summed E-state index contributed by atoms with van der Waals surface area (Å²) in [6, 6.07) is 5.70. The van der Waals surface area contributed by atoms with Crippen LogP contribution in [0, 0.1) is 11.7 Å². The Morgan fingerprint density at radius 3 is 2.54 bits per heavy atom. The average Bonchev–Trinajstić information content (AvgIpc) is 3.08. The van der Waals surface area contributed by atoms with Crippen molar-refractivity contribution < 1.29 is 23.5 Å². The topological polar surface area (TPSA) is 109 Å². The molecule has 8 nitrogen and oxygen atoms in total. The van der Waals surface area contributed by atoms with Gasteiger partial charge in [0.2, 0.25) is 11.8 Å². The lowest BCUT2D eigenvalue weighted by Gasteiger charge is -2.15. The van der Waals surface area contributed by atoms with E-state index in [1.54, 1.807) is 25.3 Å². The molecule has 1 aromatic carbocycles. The van der Waals surface area contributed by atoms with Crippen molar-refractivity contribution in [3.63, 3.8) is 0 Å². The van der Waals surface area contributed by atoms with Crippen LogP contribution in [0.4, 0.5) is 9.52 Å². The number of nitrogens with zero attached hydrogens (tertiary/aromatic N) is 1. The van der Waals surface area contributed by atoms with Crippen molar-refractivity contribution in [3.8, 4) is 5.75 Å². The summed E-state index contributed by atoms with van der Waals surface area (Å²) >= 11 is 1.20. The second-order valence-corrected chi connectivity index (χ2v) is 7.05. The molecular formula is C18H21FN4O4S. The number of hydrazine groups is 1. The van der Waals surface area contributed by atoms with Crippen LogP contribution in [0.5, 0.6) is 5.75 Å². The minimum absolute atomic E-state index is 0.0603. The molecule has 0 saturated heterocycles. The summed E-state index contributed by atoms with van der Waals surface area (Å²) < 4.78 is 18.8. The van der Waals surface area contributed by atoms with E-state index in [0.717, 1.165) is 0 Å². The number of aromatic nitrogens is 1. The van der Waals surface area contributed by atoms with E-state index < -0.39 is 23.7 Å². The van der Waals surface area contributed by atoms with E-state index >= 15 is 0 Å². The Morgan fingerprint density at radius 2 is 1.86 bits per heavy atom. The van der Waals surface area contributed by atoms with Crippen molar-refractivity contribution in [1.29, 1.82) is 0 Å². The highest BCUT2D eigenvalue weighted by molar-refractivity contribution is 7.13. The maximum Gasteiger partial charge on any atom is 0.279 e. The maximum absolute atomic E-state index is 13.5. The van der Waals surface area contributed by atoms with E-state index in [2.05, 4.69) is 21.2 Å². The Labute approximate surface area is 165 Å². The van der Waals surface area contributed by atoms with Gasteiger partial charge in [0.25, 0.3) is 5.91 Å². The number of carbonyl (C=O) groups excluding carboxylic acids is 3. The third-order valence-electron chi connectivity index (χ3n) is 3.48. The zero-order valence-corrected chi connectivity index (χ0v) is 16.4. The van der Waals surface area contributed by atoms with E-state index in [4.69, 9.17) is 4.74 Å². The van der Waals surface area contributed by atoms with Crippen LogP contribution in [0.2, 0.25) is 0 Å². The third kappa shape index (κ3) is 6.31. The number of ether oxygens (including phenoxy) is 1. The van der Waals surface area contributed by atoms with Crippen LogP contribution in [0.1, 0.15) is 26.5 Å². The molecule has 1 heterocycles. The Balaban J connectivity index is 1.79. The van der Waals surface area contributed by atoms with Crippen molar-refractivity contribution in [1.82, 2.24) is 15.8 Å². The Bertz CT molecular complexity index is 856. The van der Waals surface area contributed by atoms with Gasteiger partial charge in [-0.3, -0.25) is 25.2 Å². The number of para-hydroxylation sites is 1. The number of nitrogens with one attached hydrogen (secondary N) is 3. The highest BCUT2D eigenvalue weighted by Gasteiger charge is 2.17. The van der Waals surface area contributed by atoms with Crippen molar-refractivity contribution in [2.75, 3.05) is 5.32 Å². The minimum Gasteiger partial charge on any atom is -0.478 e. The zero-order chi connectivity index (χ0) is 20.7. The van der Waals surface area contributed by atoms with Gasteiger partial charge in [-0.15, -0.1) is 11.3 Å². The van der Waals surface area contributed by atoms with Gasteiger partial charge in [0, 0.05) is 11.3 Å². The Kier molecular flexibility index (Phi) is 7.44. The van der Waals surface area contributed by atoms with Gasteiger partial charge in [0.05, 0.1) is 12.1 Å². The lowest BCUT2D eigenvalue weighted by Crippen LogP contribution is -2.47. The van der Waals surface area contributed by atoms with Gasteiger partial charge in [-0.1, -0.05) is 26.0 Å². The van der Waals surface area contributed by atoms with Gasteiger partial charge in [0.15, 0.2) is 22.8 Å². The smallest absolute Gasteiger partial charge is 0.279 e. The third-order valence-corrected chi connectivity index (χ3v) is 4.29. The highest BCUT2D eigenvalue weighted by atomic mass is 32.1. The second-order valence-electron chi connectivity index (χ2n) is 6.19. The molecule has 1 unspecified atom stereocenters. The van der Waals surface area contributed by atoms with Crippen molar-refractivity contribution in [2.45, 2.75) is 33.3 Å². The fourth-order valence-electron chi connectivity index (χ4n) is 1.92. The summed E-state index contributed by atoms with van der Waals surface area (Å²) in [6.07, 6.45) is -1.11. The van der Waals surface area contributed by atoms with E-state index in [1.165, 1.54) is 36.5 Å². The number of hydrogen-bond acceptors (Lipinski definition) is 6. The molecule has 0 radical (unpaired) electrons. The van der Waals surface area contributed by atoms with Crippen LogP contribution in [-0.2, 0) is 20.8 Å². The molecule has 0 aliphatic heterocycles. The number of anilines is 1. The summed E-state index contributed by atoms with van der Waals surface area (Å²) in [5, 5.41) is 4.69. The van der Waals surface area contributed by atoms with Gasteiger partial charge >= 0.3 is 0 Å². The van der Waals surface area contributed by atoms with E-state index in [1.807, 2.05) is 0 Å². The summed E-state index contributed by atoms with van der Waals surface area (Å²) in [6.45, 7) is 4.95. The fraction of sp³-hybridized carbons (Fsp3) is 0.333. The van der Waals surface area contributed by atoms with Crippen molar-refractivity contribution in [2.24, 2.45) is 5.92 Å². The van der Waals surface area contributed by atoms with Gasteiger partial charge < -0.3 is 10.1 Å². The summed E-state index contributed by atoms with van der Waals surface area (Å²) in [5.74, 6) is -2.14. The number of thiazole rings is 1. The van der Waals surface area contributed by atoms with E-state index in [0.29, 0.717) is 10.8 Å². The number of amides is 3. The molecule has 0 aliphatic carbocycles. The maximum atomic E-state index is 13.5. The highest BCUT2D eigenvalue weighted by Crippen LogP contribution is 2.17. The number of rotatable bonds is 7. The SMILES string of the molecule is CC(C)C(=O)Nc1nc(CC(=O)NNC(=O)C(C)Oc2ccccc2F)cs1. The van der Waals surface area contributed by atoms with Crippen LogP contribution in [0.15, 0.2) is 29.6 Å². The largest absolute Gasteiger partial charge is 0.478 e. The predicted molar refractivity (Wildman–Crippen MR) is 102 cm³/mol. The lowest BCUT2D eigenvalue weighted by molar-refractivity contribution is -0.132. The van der Waals surface area contributed by atoms with Crippen LogP contribution < -0.4 is 20.9 Å². The molecular weight excluding hydrogens is 387 g/mol. The van der Waals surface area contributed by atoms with Gasteiger partial charge in [-0.2, -0.15) is 0 Å². The van der Waals surface area contributed by atoms with Gasteiger partial charge in [-0.05, 0) is 19.1 Å². The number of halogens is 1. The van der Waals surface area contributed by atoms with E-state index in [-0.39, 0.29) is 24.0 Å². The molecule has 0 aliphatic rings. The number of benzene rings is 1.